The number of nitrogens with zero attached hydrogens (tertiary/aromatic N) is 2. The van der Waals surface area contributed by atoms with Crippen molar-refractivity contribution in [2.45, 2.75) is 0 Å². The van der Waals surface area contributed by atoms with E-state index in [4.69, 9.17) is 4.74 Å². The summed E-state index contributed by atoms with van der Waals surface area (Å²) < 4.78 is 5.39. The molecule has 3 rings (SSSR count). The Morgan fingerprint density at radius 1 is 1.04 bits per heavy atom. The topological polar surface area (TPSA) is 59.1 Å². The molecule has 0 aliphatic rings. The molecule has 25 heavy (non-hydrogen) atoms. The third-order valence-electron chi connectivity index (χ3n) is 3.57. The fraction of sp³-hybridized carbons (Fsp3) is 0.100. The first kappa shape index (κ1) is 16.5. The number of nitrogens with one attached hydrogen (secondary N) is 2. The number of methoxy groups -OCH3 is 1. The SMILES string of the molecule is C=CCNc1nc(Nc2ccccc2OC)cc(-c2ccccc2)n1. The zero-order valence-electron chi connectivity index (χ0n) is 14.1. The van der Waals surface area contributed by atoms with Crippen molar-refractivity contribution in [3.63, 3.8) is 0 Å². The molecule has 0 aliphatic carbocycles. The van der Waals surface area contributed by atoms with Gasteiger partial charge in [-0.25, -0.2) is 4.98 Å². The molecule has 0 atom stereocenters. The molecule has 0 aliphatic heterocycles. The fourth-order valence-corrected chi connectivity index (χ4v) is 2.40. The Balaban J connectivity index is 1.98. The lowest BCUT2D eigenvalue weighted by Gasteiger charge is -2.13. The van der Waals surface area contributed by atoms with Gasteiger partial charge in [0.15, 0.2) is 0 Å². The normalized spacial score (nSPS) is 10.1. The van der Waals surface area contributed by atoms with E-state index >= 15 is 0 Å². The molecule has 5 heteroatoms. The minimum atomic E-state index is 0.540. The van der Waals surface area contributed by atoms with Crippen LogP contribution < -0.4 is 15.4 Å². The largest absolute Gasteiger partial charge is 0.495 e. The molecule has 0 amide bonds. The molecule has 0 spiro atoms. The summed E-state index contributed by atoms with van der Waals surface area (Å²) in [6.07, 6.45) is 1.77. The number of rotatable bonds is 7. The van der Waals surface area contributed by atoms with Crippen LogP contribution in [-0.4, -0.2) is 23.6 Å². The zero-order chi connectivity index (χ0) is 17.5. The fourth-order valence-electron chi connectivity index (χ4n) is 2.40. The highest BCUT2D eigenvalue weighted by Crippen LogP contribution is 2.28. The molecule has 2 N–H and O–H groups in total. The van der Waals surface area contributed by atoms with Crippen LogP contribution in [0.25, 0.3) is 11.3 Å². The van der Waals surface area contributed by atoms with Crippen molar-refractivity contribution in [2.75, 3.05) is 24.3 Å². The van der Waals surface area contributed by atoms with Gasteiger partial charge in [0, 0.05) is 18.2 Å². The van der Waals surface area contributed by atoms with Gasteiger partial charge in [-0.15, -0.1) is 6.58 Å². The number of ether oxygens (including phenoxy) is 1. The molecule has 0 saturated heterocycles. The Hall–Kier alpha value is -3.34. The number of aromatic nitrogens is 2. The average molecular weight is 332 g/mol. The maximum absolute atomic E-state index is 5.39. The van der Waals surface area contributed by atoms with Gasteiger partial charge in [0.1, 0.15) is 11.6 Å². The Bertz CT molecular complexity index is 849. The van der Waals surface area contributed by atoms with Crippen molar-refractivity contribution >= 4 is 17.5 Å². The third kappa shape index (κ3) is 4.14. The predicted molar refractivity (Wildman–Crippen MR) is 102 cm³/mol. The Kier molecular flexibility index (Phi) is 5.26. The third-order valence-corrected chi connectivity index (χ3v) is 3.57. The summed E-state index contributed by atoms with van der Waals surface area (Å²) in [5.74, 6) is 1.98. The van der Waals surface area contributed by atoms with Gasteiger partial charge in [-0.1, -0.05) is 48.5 Å². The Morgan fingerprint density at radius 2 is 1.80 bits per heavy atom. The molecule has 0 unspecified atom stereocenters. The standard InChI is InChI=1S/C20H20N4O/c1-3-13-21-20-23-17(15-9-5-4-6-10-15)14-19(24-20)22-16-11-7-8-12-18(16)25-2/h3-12,14H,1,13H2,2H3,(H2,21,22,23,24). The summed E-state index contributed by atoms with van der Waals surface area (Å²) in [7, 11) is 1.65. The molecule has 2 aromatic carbocycles. The summed E-state index contributed by atoms with van der Waals surface area (Å²) in [6.45, 7) is 4.31. The van der Waals surface area contributed by atoms with Crippen LogP contribution in [0.2, 0.25) is 0 Å². The number of para-hydroxylation sites is 2. The first-order valence-electron chi connectivity index (χ1n) is 7.99. The number of hydrogen-bond donors (Lipinski definition) is 2. The van der Waals surface area contributed by atoms with Crippen LogP contribution in [0.3, 0.4) is 0 Å². The summed E-state index contributed by atoms with van der Waals surface area (Å²) in [5, 5.41) is 6.46. The molecule has 3 aromatic rings. The van der Waals surface area contributed by atoms with E-state index in [2.05, 4.69) is 27.2 Å². The molecule has 1 heterocycles. The van der Waals surface area contributed by atoms with Gasteiger partial charge in [-0.3, -0.25) is 0 Å². The van der Waals surface area contributed by atoms with Crippen LogP contribution in [0, 0.1) is 0 Å². The summed E-state index contributed by atoms with van der Waals surface area (Å²) >= 11 is 0. The lowest BCUT2D eigenvalue weighted by atomic mass is 10.1. The highest BCUT2D eigenvalue weighted by molar-refractivity contribution is 5.69. The van der Waals surface area contributed by atoms with Gasteiger partial charge in [0.05, 0.1) is 18.5 Å². The number of benzene rings is 2. The predicted octanol–water partition coefficient (Wildman–Crippen LogP) is 4.49. The van der Waals surface area contributed by atoms with E-state index in [0.29, 0.717) is 18.3 Å². The molecular formula is C20H20N4O. The quantitative estimate of drug-likeness (QED) is 0.624. The van der Waals surface area contributed by atoms with Gasteiger partial charge >= 0.3 is 0 Å². The summed E-state index contributed by atoms with van der Waals surface area (Å²) in [4.78, 5) is 9.11. The molecule has 126 valence electrons. The molecule has 0 bridgehead atoms. The average Bonchev–Trinajstić information content (AvgIpc) is 2.67. The lowest BCUT2D eigenvalue weighted by Crippen LogP contribution is -2.06. The molecule has 0 saturated carbocycles. The van der Waals surface area contributed by atoms with E-state index in [1.54, 1.807) is 13.2 Å². The second kappa shape index (κ2) is 7.97. The van der Waals surface area contributed by atoms with Crippen LogP contribution in [-0.2, 0) is 0 Å². The highest BCUT2D eigenvalue weighted by Gasteiger charge is 2.08. The Morgan fingerprint density at radius 3 is 2.56 bits per heavy atom. The van der Waals surface area contributed by atoms with Crippen molar-refractivity contribution in [3.8, 4) is 17.0 Å². The van der Waals surface area contributed by atoms with Crippen molar-refractivity contribution in [3.05, 3.63) is 73.3 Å². The van der Waals surface area contributed by atoms with Crippen LogP contribution in [0.4, 0.5) is 17.5 Å². The van der Waals surface area contributed by atoms with Crippen LogP contribution in [0.15, 0.2) is 73.3 Å². The maximum Gasteiger partial charge on any atom is 0.225 e. The highest BCUT2D eigenvalue weighted by atomic mass is 16.5. The van der Waals surface area contributed by atoms with Crippen molar-refractivity contribution in [2.24, 2.45) is 0 Å². The molecule has 0 radical (unpaired) electrons. The second-order valence-corrected chi connectivity index (χ2v) is 5.32. The minimum Gasteiger partial charge on any atom is -0.495 e. The number of hydrogen-bond acceptors (Lipinski definition) is 5. The Labute approximate surface area is 147 Å². The van der Waals surface area contributed by atoms with Gasteiger partial charge in [-0.05, 0) is 12.1 Å². The van der Waals surface area contributed by atoms with E-state index in [0.717, 1.165) is 22.7 Å². The zero-order valence-corrected chi connectivity index (χ0v) is 14.1. The van der Waals surface area contributed by atoms with E-state index in [9.17, 15) is 0 Å². The van der Waals surface area contributed by atoms with Gasteiger partial charge in [0.25, 0.3) is 0 Å². The van der Waals surface area contributed by atoms with Crippen LogP contribution in [0.1, 0.15) is 0 Å². The van der Waals surface area contributed by atoms with E-state index < -0.39 is 0 Å². The van der Waals surface area contributed by atoms with Crippen LogP contribution >= 0.6 is 0 Å². The van der Waals surface area contributed by atoms with Crippen molar-refractivity contribution in [1.82, 2.24) is 9.97 Å². The van der Waals surface area contributed by atoms with E-state index in [-0.39, 0.29) is 0 Å². The second-order valence-electron chi connectivity index (χ2n) is 5.32. The van der Waals surface area contributed by atoms with E-state index in [1.165, 1.54) is 0 Å². The molecule has 5 nitrogen and oxygen atoms in total. The van der Waals surface area contributed by atoms with Crippen molar-refractivity contribution < 1.29 is 4.74 Å². The first-order valence-corrected chi connectivity index (χ1v) is 7.99. The smallest absolute Gasteiger partial charge is 0.225 e. The van der Waals surface area contributed by atoms with Crippen molar-refractivity contribution in [1.29, 1.82) is 0 Å². The molecular weight excluding hydrogens is 312 g/mol. The number of anilines is 3. The molecule has 0 fully saturated rings. The first-order chi connectivity index (χ1) is 12.3. The summed E-state index contributed by atoms with van der Waals surface area (Å²) in [6, 6.07) is 19.6. The lowest BCUT2D eigenvalue weighted by molar-refractivity contribution is 0.417. The summed E-state index contributed by atoms with van der Waals surface area (Å²) in [5.41, 5.74) is 2.70. The molecule has 1 aromatic heterocycles. The van der Waals surface area contributed by atoms with Gasteiger partial charge in [-0.2, -0.15) is 4.98 Å². The van der Waals surface area contributed by atoms with Gasteiger partial charge < -0.3 is 15.4 Å². The minimum absolute atomic E-state index is 0.540. The monoisotopic (exact) mass is 332 g/mol. The van der Waals surface area contributed by atoms with Crippen LogP contribution in [0.5, 0.6) is 5.75 Å². The maximum atomic E-state index is 5.39. The van der Waals surface area contributed by atoms with E-state index in [1.807, 2.05) is 60.7 Å². The van der Waals surface area contributed by atoms with Gasteiger partial charge in [0.2, 0.25) is 5.95 Å².